The van der Waals surface area contributed by atoms with Gasteiger partial charge in [0.15, 0.2) is 5.43 Å². The molecule has 0 aromatic carbocycles. The number of hydrogen-bond acceptors (Lipinski definition) is 2. The second-order valence-corrected chi connectivity index (χ2v) is 3.52. The smallest absolute Gasteiger partial charge is 0.270 e. The van der Waals surface area contributed by atoms with Crippen molar-refractivity contribution in [2.24, 2.45) is 0 Å². The van der Waals surface area contributed by atoms with Crippen LogP contribution in [0.4, 0.5) is 0 Å². The first-order valence-electron chi connectivity index (χ1n) is 5.09. The maximum absolute atomic E-state index is 11.8. The Morgan fingerprint density at radius 1 is 1.53 bits per heavy atom. The maximum Gasteiger partial charge on any atom is 0.270 e. The van der Waals surface area contributed by atoms with Crippen LogP contribution in [0.1, 0.15) is 30.3 Å². The Hall–Kier alpha value is -1.58. The van der Waals surface area contributed by atoms with Crippen molar-refractivity contribution in [1.29, 1.82) is 0 Å². The number of amides is 1. The highest BCUT2D eigenvalue weighted by atomic mass is 16.2. The zero-order chi connectivity index (χ0) is 11.3. The van der Waals surface area contributed by atoms with Gasteiger partial charge in [0.2, 0.25) is 0 Å². The van der Waals surface area contributed by atoms with Crippen molar-refractivity contribution in [2.45, 2.75) is 19.8 Å². The van der Waals surface area contributed by atoms with Gasteiger partial charge >= 0.3 is 0 Å². The molecule has 0 aliphatic heterocycles. The molecule has 0 aliphatic rings. The number of nitrogens with one attached hydrogen (secondary N) is 1. The first-order valence-corrected chi connectivity index (χ1v) is 5.09. The number of carbonyl (C=O) groups is 1. The van der Waals surface area contributed by atoms with Crippen LogP contribution in [0, 0.1) is 0 Å². The van der Waals surface area contributed by atoms with Gasteiger partial charge in [-0.15, -0.1) is 0 Å². The third kappa shape index (κ3) is 3.23. The van der Waals surface area contributed by atoms with Crippen molar-refractivity contribution < 1.29 is 4.79 Å². The normalized spacial score (nSPS) is 10.0. The fourth-order valence-electron chi connectivity index (χ4n) is 1.27. The summed E-state index contributed by atoms with van der Waals surface area (Å²) in [6.07, 6.45) is 3.51. The zero-order valence-corrected chi connectivity index (χ0v) is 9.12. The van der Waals surface area contributed by atoms with Crippen molar-refractivity contribution >= 4 is 5.91 Å². The number of H-pyrrole nitrogens is 1. The molecule has 82 valence electrons. The van der Waals surface area contributed by atoms with Crippen LogP contribution in [0.5, 0.6) is 0 Å². The van der Waals surface area contributed by atoms with E-state index in [1.54, 1.807) is 11.9 Å². The highest BCUT2D eigenvalue weighted by molar-refractivity contribution is 5.91. The Kier molecular flexibility index (Phi) is 4.09. The molecular formula is C11H16N2O2. The lowest BCUT2D eigenvalue weighted by Gasteiger charge is -2.16. The van der Waals surface area contributed by atoms with Gasteiger partial charge < -0.3 is 9.88 Å². The number of carbonyl (C=O) groups excluding carboxylic acids is 1. The molecule has 4 heteroatoms. The molecule has 1 N–H and O–H groups in total. The predicted molar refractivity (Wildman–Crippen MR) is 58.9 cm³/mol. The quantitative estimate of drug-likeness (QED) is 0.809. The van der Waals surface area contributed by atoms with Crippen LogP contribution >= 0.6 is 0 Å². The van der Waals surface area contributed by atoms with E-state index >= 15 is 0 Å². The second-order valence-electron chi connectivity index (χ2n) is 3.52. The van der Waals surface area contributed by atoms with E-state index < -0.39 is 0 Å². The van der Waals surface area contributed by atoms with Crippen LogP contribution in [0.25, 0.3) is 0 Å². The molecule has 15 heavy (non-hydrogen) atoms. The lowest BCUT2D eigenvalue weighted by Crippen LogP contribution is -2.29. The predicted octanol–water partition coefficient (Wildman–Crippen LogP) is 1.25. The summed E-state index contributed by atoms with van der Waals surface area (Å²) in [6.45, 7) is 2.79. The van der Waals surface area contributed by atoms with Crippen molar-refractivity contribution in [1.82, 2.24) is 9.88 Å². The Bertz CT molecular complexity index is 384. The van der Waals surface area contributed by atoms with Crippen LogP contribution in [0.15, 0.2) is 23.1 Å². The lowest BCUT2D eigenvalue weighted by atomic mass is 10.3. The largest absolute Gasteiger partial charge is 0.357 e. The average molecular weight is 208 g/mol. The van der Waals surface area contributed by atoms with Gasteiger partial charge in [0, 0.05) is 31.9 Å². The molecule has 1 amide bonds. The van der Waals surface area contributed by atoms with Gasteiger partial charge in [0.05, 0.1) is 0 Å². The summed E-state index contributed by atoms with van der Waals surface area (Å²) in [5, 5.41) is 0. The molecule has 1 aromatic heterocycles. The summed E-state index contributed by atoms with van der Waals surface area (Å²) in [4.78, 5) is 27.2. The Morgan fingerprint density at radius 3 is 2.87 bits per heavy atom. The van der Waals surface area contributed by atoms with Crippen LogP contribution < -0.4 is 5.43 Å². The van der Waals surface area contributed by atoms with Crippen molar-refractivity contribution in [3.63, 3.8) is 0 Å². The molecule has 0 saturated carbocycles. The third-order valence-electron chi connectivity index (χ3n) is 2.20. The van der Waals surface area contributed by atoms with Crippen LogP contribution in [0.2, 0.25) is 0 Å². The monoisotopic (exact) mass is 208 g/mol. The molecule has 0 fully saturated rings. The fourth-order valence-corrected chi connectivity index (χ4v) is 1.27. The van der Waals surface area contributed by atoms with E-state index in [2.05, 4.69) is 11.9 Å². The summed E-state index contributed by atoms with van der Waals surface area (Å²) in [6, 6.07) is 2.72. The van der Waals surface area contributed by atoms with Crippen LogP contribution in [-0.2, 0) is 0 Å². The number of pyridine rings is 1. The molecular weight excluding hydrogens is 192 g/mol. The van der Waals surface area contributed by atoms with E-state index in [0.29, 0.717) is 12.2 Å². The first-order chi connectivity index (χ1) is 7.15. The summed E-state index contributed by atoms with van der Waals surface area (Å²) < 4.78 is 0. The van der Waals surface area contributed by atoms with Crippen molar-refractivity contribution in [2.75, 3.05) is 13.6 Å². The van der Waals surface area contributed by atoms with E-state index in [-0.39, 0.29) is 11.3 Å². The Balaban J connectivity index is 2.72. The highest BCUT2D eigenvalue weighted by Crippen LogP contribution is 1.99. The van der Waals surface area contributed by atoms with Gasteiger partial charge in [-0.2, -0.15) is 0 Å². The molecule has 0 radical (unpaired) electrons. The van der Waals surface area contributed by atoms with Crippen molar-refractivity contribution in [3.8, 4) is 0 Å². The third-order valence-corrected chi connectivity index (χ3v) is 2.20. The Labute approximate surface area is 88.9 Å². The first kappa shape index (κ1) is 11.5. The number of hydrogen-bond donors (Lipinski definition) is 1. The number of nitrogens with zero attached hydrogens (tertiary/aromatic N) is 1. The van der Waals surface area contributed by atoms with Gasteiger partial charge in [-0.25, -0.2) is 0 Å². The van der Waals surface area contributed by atoms with E-state index in [1.807, 2.05) is 0 Å². The number of aromatic amines is 1. The van der Waals surface area contributed by atoms with Gasteiger partial charge in [0.1, 0.15) is 5.69 Å². The molecule has 1 aromatic rings. The lowest BCUT2D eigenvalue weighted by molar-refractivity contribution is 0.0787. The zero-order valence-electron chi connectivity index (χ0n) is 9.12. The Morgan fingerprint density at radius 2 is 2.27 bits per heavy atom. The standard InChI is InChI=1S/C11H16N2O2/c1-3-4-7-13(2)11(15)10-8-9(14)5-6-12-10/h5-6,8H,3-4,7H2,1-2H3,(H,12,14). The minimum absolute atomic E-state index is 0.138. The molecule has 4 nitrogen and oxygen atoms in total. The fraction of sp³-hybridized carbons (Fsp3) is 0.455. The summed E-state index contributed by atoms with van der Waals surface area (Å²) >= 11 is 0. The SMILES string of the molecule is CCCCN(C)C(=O)c1cc(=O)cc[nH]1. The molecule has 1 rings (SSSR count). The van der Waals surface area contributed by atoms with E-state index in [1.165, 1.54) is 18.3 Å². The molecule has 0 spiro atoms. The van der Waals surface area contributed by atoms with Gasteiger partial charge in [-0.1, -0.05) is 13.3 Å². The van der Waals surface area contributed by atoms with E-state index in [4.69, 9.17) is 0 Å². The molecule has 1 heterocycles. The highest BCUT2D eigenvalue weighted by Gasteiger charge is 2.11. The molecule has 0 atom stereocenters. The van der Waals surface area contributed by atoms with Gasteiger partial charge in [0.25, 0.3) is 5.91 Å². The van der Waals surface area contributed by atoms with Crippen LogP contribution in [0.3, 0.4) is 0 Å². The second kappa shape index (κ2) is 5.34. The number of unbranched alkanes of at least 4 members (excludes halogenated alkanes) is 1. The van der Waals surface area contributed by atoms with E-state index in [9.17, 15) is 9.59 Å². The number of rotatable bonds is 4. The molecule has 0 aliphatic carbocycles. The van der Waals surface area contributed by atoms with Crippen molar-refractivity contribution in [3.05, 3.63) is 34.2 Å². The summed E-state index contributed by atoms with van der Waals surface area (Å²) in [5.41, 5.74) is 0.196. The average Bonchev–Trinajstić information content (AvgIpc) is 2.24. The van der Waals surface area contributed by atoms with Gasteiger partial charge in [-0.3, -0.25) is 9.59 Å². The summed E-state index contributed by atoms with van der Waals surface area (Å²) in [7, 11) is 1.74. The topological polar surface area (TPSA) is 53.2 Å². The maximum atomic E-state index is 11.8. The molecule has 0 saturated heterocycles. The minimum atomic E-state index is -0.152. The van der Waals surface area contributed by atoms with Crippen LogP contribution in [-0.4, -0.2) is 29.4 Å². The number of aromatic nitrogens is 1. The molecule has 0 bridgehead atoms. The minimum Gasteiger partial charge on any atom is -0.357 e. The van der Waals surface area contributed by atoms with E-state index in [0.717, 1.165) is 12.8 Å². The summed E-state index contributed by atoms with van der Waals surface area (Å²) in [5.74, 6) is -0.138. The molecule has 0 unspecified atom stereocenters. The van der Waals surface area contributed by atoms with Gasteiger partial charge in [-0.05, 0) is 6.42 Å².